The van der Waals surface area contributed by atoms with Crippen LogP contribution >= 0.6 is 0 Å². The van der Waals surface area contributed by atoms with Crippen LogP contribution in [0.5, 0.6) is 0 Å². The molecule has 2 rings (SSSR count). The molecule has 1 aliphatic rings. The molecule has 0 saturated carbocycles. The monoisotopic (exact) mass is 384 g/mol. The molecule has 1 heterocycles. The van der Waals surface area contributed by atoms with E-state index in [2.05, 4.69) is 14.8 Å². The molecule has 1 fully saturated rings. The van der Waals surface area contributed by atoms with Gasteiger partial charge < -0.3 is 14.8 Å². The third-order valence-electron chi connectivity index (χ3n) is 3.80. The summed E-state index contributed by atoms with van der Waals surface area (Å²) in [6, 6.07) is 4.63. The van der Waals surface area contributed by atoms with Gasteiger partial charge in [-0.3, -0.25) is 9.59 Å². The van der Waals surface area contributed by atoms with Crippen LogP contribution in [-0.2, 0) is 33.9 Å². The van der Waals surface area contributed by atoms with Crippen LogP contribution in [0.1, 0.15) is 17.5 Å². The fraction of sp³-hybridized carbons (Fsp3) is 0.438. The van der Waals surface area contributed by atoms with E-state index in [9.17, 15) is 22.8 Å². The summed E-state index contributed by atoms with van der Waals surface area (Å²) in [5.74, 6) is -2.13. The Kier molecular flexibility index (Phi) is 6.32. The standard InChI is InChI=1S/C16H20N2O7S/c1-10-3-4-12(7-11(10)2)26(22,23)18-8-14(19)17-9-15(20)25-13-5-6-24-16(13)21/h3-4,7,13,18H,5-6,8-9H2,1-2H3,(H,17,19)/t13-/m0/s1. The van der Waals surface area contributed by atoms with E-state index in [0.29, 0.717) is 0 Å². The van der Waals surface area contributed by atoms with Gasteiger partial charge in [0, 0.05) is 6.42 Å². The molecule has 0 aromatic heterocycles. The molecule has 1 aliphatic heterocycles. The second-order valence-corrected chi connectivity index (χ2v) is 7.55. The minimum atomic E-state index is -3.85. The number of esters is 2. The Morgan fingerprint density at radius 2 is 1.96 bits per heavy atom. The van der Waals surface area contributed by atoms with Crippen LogP contribution in [0.4, 0.5) is 0 Å². The van der Waals surface area contributed by atoms with E-state index in [1.165, 1.54) is 12.1 Å². The highest BCUT2D eigenvalue weighted by atomic mass is 32.2. The lowest BCUT2D eigenvalue weighted by Gasteiger charge is -2.10. The number of ether oxygens (including phenoxy) is 2. The van der Waals surface area contributed by atoms with E-state index in [1.807, 2.05) is 6.92 Å². The Labute approximate surface area is 151 Å². The van der Waals surface area contributed by atoms with Crippen LogP contribution < -0.4 is 10.0 Å². The molecule has 142 valence electrons. The number of amides is 1. The van der Waals surface area contributed by atoms with Gasteiger partial charge in [0.1, 0.15) is 6.54 Å². The van der Waals surface area contributed by atoms with Crippen molar-refractivity contribution < 1.29 is 32.3 Å². The smallest absolute Gasteiger partial charge is 0.347 e. The lowest BCUT2D eigenvalue weighted by molar-refractivity contribution is -0.159. The van der Waals surface area contributed by atoms with Gasteiger partial charge in [0.15, 0.2) is 0 Å². The van der Waals surface area contributed by atoms with Crippen molar-refractivity contribution in [3.8, 4) is 0 Å². The van der Waals surface area contributed by atoms with Crippen LogP contribution in [0.3, 0.4) is 0 Å². The predicted molar refractivity (Wildman–Crippen MR) is 89.6 cm³/mol. The largest absolute Gasteiger partial charge is 0.463 e. The normalized spacial score (nSPS) is 16.8. The molecule has 1 aromatic rings. The Morgan fingerprint density at radius 1 is 1.23 bits per heavy atom. The van der Waals surface area contributed by atoms with Crippen molar-refractivity contribution in [3.05, 3.63) is 29.3 Å². The van der Waals surface area contributed by atoms with Crippen molar-refractivity contribution in [2.75, 3.05) is 19.7 Å². The van der Waals surface area contributed by atoms with Gasteiger partial charge >= 0.3 is 11.9 Å². The quantitative estimate of drug-likeness (QED) is 0.610. The van der Waals surface area contributed by atoms with E-state index in [1.54, 1.807) is 13.0 Å². The molecule has 0 aliphatic carbocycles. The minimum Gasteiger partial charge on any atom is -0.463 e. The van der Waals surface area contributed by atoms with Gasteiger partial charge in [-0.15, -0.1) is 0 Å². The molecule has 26 heavy (non-hydrogen) atoms. The first kappa shape index (κ1) is 19.9. The number of nitrogens with one attached hydrogen (secondary N) is 2. The van der Waals surface area contributed by atoms with Crippen molar-refractivity contribution >= 4 is 27.9 Å². The highest BCUT2D eigenvalue weighted by Crippen LogP contribution is 2.14. The number of rotatable bonds is 7. The molecule has 0 bridgehead atoms. The predicted octanol–water partition coefficient (Wildman–Crippen LogP) is -0.443. The number of benzene rings is 1. The van der Waals surface area contributed by atoms with Gasteiger partial charge in [-0.2, -0.15) is 0 Å². The van der Waals surface area contributed by atoms with E-state index >= 15 is 0 Å². The molecule has 0 unspecified atom stereocenters. The first-order chi connectivity index (χ1) is 12.2. The van der Waals surface area contributed by atoms with E-state index in [0.717, 1.165) is 11.1 Å². The number of carbonyl (C=O) groups excluding carboxylic acids is 3. The molecule has 1 atom stereocenters. The number of carbonyl (C=O) groups is 3. The number of hydrogen-bond acceptors (Lipinski definition) is 7. The Hall–Kier alpha value is -2.46. The zero-order valence-electron chi connectivity index (χ0n) is 14.4. The third-order valence-corrected chi connectivity index (χ3v) is 5.20. The highest BCUT2D eigenvalue weighted by molar-refractivity contribution is 7.89. The van der Waals surface area contributed by atoms with Gasteiger partial charge in [-0.05, 0) is 37.1 Å². The lowest BCUT2D eigenvalue weighted by atomic mass is 10.1. The van der Waals surface area contributed by atoms with Crippen LogP contribution in [0.25, 0.3) is 0 Å². The molecule has 1 aromatic carbocycles. The van der Waals surface area contributed by atoms with Gasteiger partial charge in [-0.1, -0.05) is 6.07 Å². The summed E-state index contributed by atoms with van der Waals surface area (Å²) in [4.78, 5) is 34.5. The van der Waals surface area contributed by atoms with Gasteiger partial charge in [0.05, 0.1) is 18.0 Å². The maximum absolute atomic E-state index is 12.2. The van der Waals surface area contributed by atoms with E-state index in [-0.39, 0.29) is 17.9 Å². The average Bonchev–Trinajstić information content (AvgIpc) is 2.98. The number of hydrogen-bond donors (Lipinski definition) is 2. The van der Waals surface area contributed by atoms with Crippen LogP contribution in [0.2, 0.25) is 0 Å². The molecule has 1 amide bonds. The summed E-state index contributed by atoms with van der Waals surface area (Å²) in [7, 11) is -3.85. The zero-order valence-corrected chi connectivity index (χ0v) is 15.2. The first-order valence-corrected chi connectivity index (χ1v) is 9.37. The number of sulfonamides is 1. The maximum atomic E-state index is 12.2. The minimum absolute atomic E-state index is 0.0487. The third kappa shape index (κ3) is 5.27. The SMILES string of the molecule is Cc1ccc(S(=O)(=O)NCC(=O)NCC(=O)O[C@H]2CCOC2=O)cc1C. The number of aryl methyl sites for hydroxylation is 2. The molecular formula is C16H20N2O7S. The van der Waals surface area contributed by atoms with E-state index < -0.39 is 47.1 Å². The van der Waals surface area contributed by atoms with Crippen molar-refractivity contribution in [1.29, 1.82) is 0 Å². The molecule has 0 spiro atoms. The second-order valence-electron chi connectivity index (χ2n) is 5.78. The highest BCUT2D eigenvalue weighted by Gasteiger charge is 2.30. The molecule has 10 heteroatoms. The van der Waals surface area contributed by atoms with Gasteiger partial charge in [0.2, 0.25) is 22.0 Å². The zero-order chi connectivity index (χ0) is 19.3. The Balaban J connectivity index is 1.79. The van der Waals surface area contributed by atoms with Crippen molar-refractivity contribution in [2.45, 2.75) is 31.3 Å². The van der Waals surface area contributed by atoms with Crippen molar-refractivity contribution in [2.24, 2.45) is 0 Å². The summed E-state index contributed by atoms with van der Waals surface area (Å²) in [6.07, 6.45) is -0.684. The summed E-state index contributed by atoms with van der Waals surface area (Å²) in [5.41, 5.74) is 1.76. The van der Waals surface area contributed by atoms with Crippen LogP contribution in [0, 0.1) is 13.8 Å². The molecule has 0 radical (unpaired) electrons. The Bertz CT molecular complexity index is 820. The van der Waals surface area contributed by atoms with Crippen molar-refractivity contribution in [1.82, 2.24) is 10.0 Å². The van der Waals surface area contributed by atoms with Crippen LogP contribution in [-0.4, -0.2) is 52.1 Å². The van der Waals surface area contributed by atoms with E-state index in [4.69, 9.17) is 4.74 Å². The summed E-state index contributed by atoms with van der Waals surface area (Å²) in [6.45, 7) is 2.81. The van der Waals surface area contributed by atoms with Crippen molar-refractivity contribution in [3.63, 3.8) is 0 Å². The second kappa shape index (κ2) is 8.28. The molecule has 1 saturated heterocycles. The summed E-state index contributed by atoms with van der Waals surface area (Å²) >= 11 is 0. The topological polar surface area (TPSA) is 128 Å². The van der Waals surface area contributed by atoms with Crippen LogP contribution in [0.15, 0.2) is 23.1 Å². The summed E-state index contributed by atoms with van der Waals surface area (Å²) < 4.78 is 36.0. The van der Waals surface area contributed by atoms with Gasteiger partial charge in [-0.25, -0.2) is 17.9 Å². The van der Waals surface area contributed by atoms with Gasteiger partial charge in [0.25, 0.3) is 0 Å². The lowest BCUT2D eigenvalue weighted by Crippen LogP contribution is -2.40. The fourth-order valence-electron chi connectivity index (χ4n) is 2.14. The fourth-order valence-corrected chi connectivity index (χ4v) is 3.21. The first-order valence-electron chi connectivity index (χ1n) is 7.89. The molecular weight excluding hydrogens is 364 g/mol. The summed E-state index contributed by atoms with van der Waals surface area (Å²) in [5, 5.41) is 2.22. The average molecular weight is 384 g/mol. The molecule has 2 N–H and O–H groups in total. The maximum Gasteiger partial charge on any atom is 0.347 e. The Morgan fingerprint density at radius 3 is 2.58 bits per heavy atom. The molecule has 9 nitrogen and oxygen atoms in total. The number of cyclic esters (lactones) is 1.